The van der Waals surface area contributed by atoms with Gasteiger partial charge in [0.25, 0.3) is 0 Å². The van der Waals surface area contributed by atoms with Crippen molar-refractivity contribution >= 4 is 40.1 Å². The van der Waals surface area contributed by atoms with Crippen LogP contribution in [0.1, 0.15) is 34.1 Å². The van der Waals surface area contributed by atoms with E-state index in [1.807, 2.05) is 27.7 Å². The van der Waals surface area contributed by atoms with Gasteiger partial charge >= 0.3 is 0 Å². The molecule has 1 fully saturated rings. The lowest BCUT2D eigenvalue weighted by atomic mass is 9.91. The molecule has 0 bridgehead atoms. The van der Waals surface area contributed by atoms with E-state index in [4.69, 9.17) is 0 Å². The van der Waals surface area contributed by atoms with Crippen LogP contribution in [0.15, 0.2) is 34.5 Å². The summed E-state index contributed by atoms with van der Waals surface area (Å²) >= 11 is 1.17. The maximum atomic E-state index is 12.9. The molecule has 8 heteroatoms. The molecule has 0 radical (unpaired) electrons. The average Bonchev–Trinajstić information content (AvgIpc) is 2.86. The van der Waals surface area contributed by atoms with E-state index in [1.54, 1.807) is 0 Å². The number of halogens is 1. The Morgan fingerprint density at radius 2 is 1.96 bits per heavy atom. The van der Waals surface area contributed by atoms with Gasteiger partial charge in [0.1, 0.15) is 11.1 Å². The molecule has 0 spiro atoms. The van der Waals surface area contributed by atoms with E-state index < -0.39 is 5.25 Å². The van der Waals surface area contributed by atoms with E-state index in [0.29, 0.717) is 10.9 Å². The van der Waals surface area contributed by atoms with Gasteiger partial charge in [0, 0.05) is 23.2 Å². The molecular formula is C17H21FN4O2S. The van der Waals surface area contributed by atoms with Crippen molar-refractivity contribution in [3.63, 3.8) is 0 Å². The van der Waals surface area contributed by atoms with Crippen LogP contribution >= 0.6 is 11.8 Å². The van der Waals surface area contributed by atoms with Gasteiger partial charge in [-0.05, 0) is 31.2 Å². The third kappa shape index (κ3) is 5.67. The summed E-state index contributed by atoms with van der Waals surface area (Å²) in [6, 6.07) is 5.44. The number of hydrogen-bond donors (Lipinski definition) is 2. The highest BCUT2D eigenvalue weighted by atomic mass is 32.2. The molecule has 1 aliphatic rings. The van der Waals surface area contributed by atoms with Gasteiger partial charge in [0.2, 0.25) is 11.8 Å². The van der Waals surface area contributed by atoms with Gasteiger partial charge in [-0.2, -0.15) is 5.10 Å². The monoisotopic (exact) mass is 364 g/mol. The predicted molar refractivity (Wildman–Crippen MR) is 99.2 cm³/mol. The van der Waals surface area contributed by atoms with Crippen molar-refractivity contribution in [3.05, 3.63) is 30.1 Å². The molecule has 1 aliphatic heterocycles. The van der Waals surface area contributed by atoms with Crippen molar-refractivity contribution in [2.45, 2.75) is 39.4 Å². The van der Waals surface area contributed by atoms with Gasteiger partial charge in [-0.15, -0.1) is 5.10 Å². The number of carbonyl (C=O) groups is 2. The Morgan fingerprint density at radius 1 is 1.32 bits per heavy atom. The number of carbonyl (C=O) groups excluding carboxylic acids is 2. The first-order valence-electron chi connectivity index (χ1n) is 7.81. The van der Waals surface area contributed by atoms with Gasteiger partial charge in [-0.1, -0.05) is 32.5 Å². The van der Waals surface area contributed by atoms with Gasteiger partial charge in [-0.3, -0.25) is 9.59 Å². The molecule has 1 saturated heterocycles. The van der Waals surface area contributed by atoms with Gasteiger partial charge < -0.3 is 10.6 Å². The van der Waals surface area contributed by atoms with Crippen molar-refractivity contribution in [2.75, 3.05) is 5.32 Å². The molecule has 6 nitrogen and oxygen atoms in total. The van der Waals surface area contributed by atoms with E-state index in [9.17, 15) is 14.0 Å². The van der Waals surface area contributed by atoms with Crippen LogP contribution in [0.3, 0.4) is 0 Å². The number of hydrogen-bond acceptors (Lipinski definition) is 5. The lowest BCUT2D eigenvalue weighted by molar-refractivity contribution is -0.122. The zero-order valence-electron chi connectivity index (χ0n) is 14.6. The van der Waals surface area contributed by atoms with Crippen LogP contribution in [-0.2, 0) is 9.59 Å². The Kier molecular flexibility index (Phi) is 5.94. The quantitative estimate of drug-likeness (QED) is 0.636. The number of benzene rings is 1. The summed E-state index contributed by atoms with van der Waals surface area (Å²) in [5.74, 6) is -0.979. The summed E-state index contributed by atoms with van der Waals surface area (Å²) in [5, 5.41) is 13.3. The van der Waals surface area contributed by atoms with E-state index in [1.165, 1.54) is 36.0 Å². The fourth-order valence-corrected chi connectivity index (χ4v) is 2.69. The lowest BCUT2D eigenvalue weighted by Crippen LogP contribution is -2.28. The number of amidine groups is 1. The number of anilines is 1. The van der Waals surface area contributed by atoms with Crippen molar-refractivity contribution < 1.29 is 14.0 Å². The first-order valence-corrected chi connectivity index (χ1v) is 8.69. The SMILES string of the molecule is C/C(=N\N=C1\NC(=O)C(CC(=O)Nc2ccc(F)cc2)S1)C(C)(C)C. The molecule has 2 N–H and O–H groups in total. The number of thioether (sulfide) groups is 1. The zero-order valence-corrected chi connectivity index (χ0v) is 15.4. The molecule has 0 saturated carbocycles. The summed E-state index contributed by atoms with van der Waals surface area (Å²) in [6.07, 6.45) is -0.00510. The molecule has 1 aromatic rings. The molecule has 1 atom stereocenters. The smallest absolute Gasteiger partial charge is 0.240 e. The molecular weight excluding hydrogens is 343 g/mol. The van der Waals surface area contributed by atoms with E-state index in [0.717, 1.165) is 5.71 Å². The molecule has 1 heterocycles. The highest BCUT2D eigenvalue weighted by molar-refractivity contribution is 8.15. The Bertz CT molecular complexity index is 723. The summed E-state index contributed by atoms with van der Waals surface area (Å²) in [4.78, 5) is 24.0. The molecule has 2 amide bonds. The fourth-order valence-electron chi connectivity index (χ4n) is 1.77. The van der Waals surface area contributed by atoms with Crippen molar-refractivity contribution in [3.8, 4) is 0 Å². The van der Waals surface area contributed by atoms with E-state index >= 15 is 0 Å². The van der Waals surface area contributed by atoms with Gasteiger partial charge in [-0.25, -0.2) is 4.39 Å². The summed E-state index contributed by atoms with van der Waals surface area (Å²) in [7, 11) is 0. The van der Waals surface area contributed by atoms with Gasteiger partial charge in [0.05, 0.1) is 0 Å². The normalized spacial score (nSPS) is 19.9. The fraction of sp³-hybridized carbons (Fsp3) is 0.412. The predicted octanol–water partition coefficient (Wildman–Crippen LogP) is 3.16. The Morgan fingerprint density at radius 3 is 2.56 bits per heavy atom. The van der Waals surface area contributed by atoms with E-state index in [-0.39, 0.29) is 29.5 Å². The number of nitrogens with one attached hydrogen (secondary N) is 2. The first kappa shape index (κ1) is 19.1. The molecule has 0 aliphatic carbocycles. The summed E-state index contributed by atoms with van der Waals surface area (Å²) < 4.78 is 12.9. The number of nitrogens with zero attached hydrogens (tertiary/aromatic N) is 2. The maximum Gasteiger partial charge on any atom is 0.240 e. The van der Waals surface area contributed by atoms with Crippen LogP contribution < -0.4 is 10.6 Å². The second-order valence-corrected chi connectivity index (χ2v) is 7.89. The Balaban J connectivity index is 1.94. The molecule has 0 aromatic heterocycles. The van der Waals surface area contributed by atoms with Crippen LogP contribution in [-0.4, -0.2) is 27.9 Å². The zero-order chi connectivity index (χ0) is 18.6. The Hall–Kier alpha value is -2.22. The van der Waals surface area contributed by atoms with Crippen molar-refractivity contribution in [1.82, 2.24) is 5.32 Å². The van der Waals surface area contributed by atoms with Crippen molar-refractivity contribution in [2.24, 2.45) is 15.6 Å². The highest BCUT2D eigenvalue weighted by Gasteiger charge is 2.32. The second-order valence-electron chi connectivity index (χ2n) is 6.70. The number of amides is 2. The third-order valence-corrected chi connectivity index (χ3v) is 4.72. The standard InChI is InChI=1S/C17H21FN4O2S/c1-10(17(2,3)4)21-22-16-20-15(24)13(25-16)9-14(23)19-12-7-5-11(18)6-8-12/h5-8,13H,9H2,1-4H3,(H,19,23)(H,20,22,24)/b21-10+. The van der Waals surface area contributed by atoms with Gasteiger partial charge in [0.15, 0.2) is 5.17 Å². The van der Waals surface area contributed by atoms with Crippen LogP contribution in [0.5, 0.6) is 0 Å². The minimum Gasteiger partial charge on any atom is -0.326 e. The Labute approximate surface area is 150 Å². The molecule has 134 valence electrons. The highest BCUT2D eigenvalue weighted by Crippen LogP contribution is 2.24. The minimum absolute atomic E-state index is 0.00510. The number of rotatable bonds is 4. The summed E-state index contributed by atoms with van der Waals surface area (Å²) in [5.41, 5.74) is 1.22. The molecule has 25 heavy (non-hydrogen) atoms. The minimum atomic E-state index is -0.565. The van der Waals surface area contributed by atoms with E-state index in [2.05, 4.69) is 20.8 Å². The average molecular weight is 364 g/mol. The summed E-state index contributed by atoms with van der Waals surface area (Å²) in [6.45, 7) is 7.94. The topological polar surface area (TPSA) is 82.9 Å². The molecule has 1 unspecified atom stereocenters. The van der Waals surface area contributed by atoms with Crippen molar-refractivity contribution in [1.29, 1.82) is 0 Å². The largest absolute Gasteiger partial charge is 0.326 e. The maximum absolute atomic E-state index is 12.9. The lowest BCUT2D eigenvalue weighted by Gasteiger charge is -2.16. The van der Waals surface area contributed by atoms with Crippen LogP contribution in [0, 0.1) is 11.2 Å². The second kappa shape index (κ2) is 7.77. The van der Waals surface area contributed by atoms with Crippen LogP contribution in [0.2, 0.25) is 0 Å². The first-order chi connectivity index (χ1) is 11.6. The third-order valence-electron chi connectivity index (χ3n) is 3.65. The van der Waals surface area contributed by atoms with Crippen LogP contribution in [0.4, 0.5) is 10.1 Å². The van der Waals surface area contributed by atoms with Crippen LogP contribution in [0.25, 0.3) is 0 Å². The molecule has 1 aromatic carbocycles. The molecule has 2 rings (SSSR count).